The van der Waals surface area contributed by atoms with E-state index in [0.29, 0.717) is 36.2 Å². The van der Waals surface area contributed by atoms with Crippen molar-refractivity contribution in [3.05, 3.63) is 149 Å². The van der Waals surface area contributed by atoms with Gasteiger partial charge in [0.25, 0.3) is 0 Å². The lowest BCUT2D eigenvalue weighted by Gasteiger charge is -2.23. The fraction of sp³-hybridized carbons (Fsp3) is 0.282. The molecule has 2 unspecified atom stereocenters. The maximum absolute atomic E-state index is 5.93. The number of aliphatic imine (C=N–C) groups is 3. The predicted octanol–water partition coefficient (Wildman–Crippen LogP) is 7.38. The molecular formula is C39H47N7. The van der Waals surface area contributed by atoms with Crippen LogP contribution in [0.15, 0.2) is 164 Å². The average molecular weight is 614 g/mol. The Hall–Kier alpha value is -5.13. The highest BCUT2D eigenvalue weighted by molar-refractivity contribution is 6.08. The van der Waals surface area contributed by atoms with Crippen LogP contribution in [0.5, 0.6) is 0 Å². The molecule has 4 N–H and O–H groups in total. The molecule has 238 valence electrons. The van der Waals surface area contributed by atoms with E-state index in [-0.39, 0.29) is 11.7 Å². The molecule has 0 saturated carbocycles. The van der Waals surface area contributed by atoms with Crippen molar-refractivity contribution in [3.8, 4) is 0 Å². The zero-order valence-corrected chi connectivity index (χ0v) is 28.0. The van der Waals surface area contributed by atoms with Crippen molar-refractivity contribution >= 4 is 17.4 Å². The Kier molecular flexibility index (Phi) is 10.8. The molecule has 0 aromatic carbocycles. The van der Waals surface area contributed by atoms with Crippen LogP contribution in [0.1, 0.15) is 47.0 Å². The standard InChI is InChI=1S/C39H47N7/c1-11-31-20-33(24(2)3)15-16-34(21-31)28(7)43-29(8)36-17-18-38(46(10)39(45-36)44-27(6)26(5)40)30(9)41-23-32-13-12-14-35-19-25(4)42-37(35)22-32/h13-16,18,20-22,28,31,41,43H,2,5-6,8-9,11,17,19,23,40H2,1,3-4,7,10H3. The molecule has 0 amide bonds. The molecule has 0 fully saturated rings. The van der Waals surface area contributed by atoms with Gasteiger partial charge in [-0.05, 0) is 73.6 Å². The van der Waals surface area contributed by atoms with Gasteiger partial charge in [0.05, 0.1) is 28.5 Å². The van der Waals surface area contributed by atoms with E-state index in [9.17, 15) is 0 Å². The fourth-order valence-corrected chi connectivity index (χ4v) is 5.35. The van der Waals surface area contributed by atoms with Crippen molar-refractivity contribution in [2.75, 3.05) is 13.6 Å². The van der Waals surface area contributed by atoms with Crippen LogP contribution in [0.3, 0.4) is 0 Å². The summed E-state index contributed by atoms with van der Waals surface area (Å²) < 4.78 is 0. The van der Waals surface area contributed by atoms with Crippen molar-refractivity contribution in [2.45, 2.75) is 53.0 Å². The third-order valence-electron chi connectivity index (χ3n) is 8.20. The normalized spacial score (nSPS) is 20.6. The van der Waals surface area contributed by atoms with E-state index in [0.717, 1.165) is 52.5 Å². The van der Waals surface area contributed by atoms with E-state index in [1.165, 1.54) is 16.7 Å². The SMILES string of the molecule is C=C(C)C1=CC(CC)C=C(C(C)NC(=C)C2=NC(=NC(=C)C(=C)N)N(C)C(C(=C)NCC3=CC4=C(C=C=C3)CC(C)=N4)=CC2)C=C1. The molecule has 2 atom stereocenters. The molecule has 0 spiro atoms. The topological polar surface area (TPSA) is 90.4 Å². The van der Waals surface area contributed by atoms with Crippen molar-refractivity contribution in [2.24, 2.45) is 26.6 Å². The van der Waals surface area contributed by atoms with Gasteiger partial charge >= 0.3 is 0 Å². The molecule has 46 heavy (non-hydrogen) atoms. The molecule has 2 aliphatic heterocycles. The zero-order valence-electron chi connectivity index (χ0n) is 28.0. The number of guanidine groups is 1. The van der Waals surface area contributed by atoms with Gasteiger partial charge in [-0.15, -0.1) is 5.73 Å². The van der Waals surface area contributed by atoms with E-state index in [4.69, 9.17) is 10.7 Å². The smallest absolute Gasteiger partial charge is 0.230 e. The lowest BCUT2D eigenvalue weighted by molar-refractivity contribution is 0.611. The van der Waals surface area contributed by atoms with Crippen LogP contribution in [0.25, 0.3) is 0 Å². The van der Waals surface area contributed by atoms with Gasteiger partial charge < -0.3 is 21.3 Å². The summed E-state index contributed by atoms with van der Waals surface area (Å²) in [5.41, 5.74) is 20.6. The summed E-state index contributed by atoms with van der Waals surface area (Å²) >= 11 is 0. The lowest BCUT2D eigenvalue weighted by Crippen LogP contribution is -2.31. The molecule has 4 rings (SSSR count). The Morgan fingerprint density at radius 2 is 1.89 bits per heavy atom. The number of allylic oxidation sites excluding steroid dienone is 9. The number of likely N-dealkylation sites (N-methyl/N-ethyl adjacent to an activating group) is 1. The van der Waals surface area contributed by atoms with Gasteiger partial charge in [0, 0.05) is 49.6 Å². The second kappa shape index (κ2) is 14.8. The quantitative estimate of drug-likeness (QED) is 0.158. The van der Waals surface area contributed by atoms with Crippen molar-refractivity contribution in [1.82, 2.24) is 15.5 Å². The summed E-state index contributed by atoms with van der Waals surface area (Å²) in [6.07, 6.45) is 19.5. The van der Waals surface area contributed by atoms with Crippen LogP contribution in [-0.2, 0) is 0 Å². The molecule has 0 radical (unpaired) electrons. The molecule has 0 aromatic heterocycles. The summed E-state index contributed by atoms with van der Waals surface area (Å²) in [6.45, 7) is 29.6. The minimum atomic E-state index is -0.00261. The summed E-state index contributed by atoms with van der Waals surface area (Å²) in [5.74, 6) is 0.733. The highest BCUT2D eigenvalue weighted by atomic mass is 15.3. The van der Waals surface area contributed by atoms with Gasteiger partial charge in [-0.25, -0.2) is 9.98 Å². The molecular weight excluding hydrogens is 566 g/mol. The summed E-state index contributed by atoms with van der Waals surface area (Å²) in [6, 6.07) is -0.00261. The predicted molar refractivity (Wildman–Crippen MR) is 196 cm³/mol. The number of nitrogens with zero attached hydrogens (tertiary/aromatic N) is 4. The summed E-state index contributed by atoms with van der Waals surface area (Å²) in [4.78, 5) is 16.1. The highest BCUT2D eigenvalue weighted by Gasteiger charge is 2.22. The third-order valence-corrected chi connectivity index (χ3v) is 8.20. The van der Waals surface area contributed by atoms with Gasteiger partial charge in [0.2, 0.25) is 5.96 Å². The molecule has 7 nitrogen and oxygen atoms in total. The van der Waals surface area contributed by atoms with Gasteiger partial charge in [-0.3, -0.25) is 4.99 Å². The summed E-state index contributed by atoms with van der Waals surface area (Å²) in [5, 5.41) is 7.06. The first-order chi connectivity index (χ1) is 21.9. The first kappa shape index (κ1) is 33.8. The zero-order chi connectivity index (χ0) is 33.5. The van der Waals surface area contributed by atoms with Gasteiger partial charge in [-0.1, -0.05) is 75.8 Å². The Morgan fingerprint density at radius 1 is 1.13 bits per heavy atom. The number of nitrogens with one attached hydrogen (secondary N) is 2. The molecule has 2 heterocycles. The maximum atomic E-state index is 5.93. The fourth-order valence-electron chi connectivity index (χ4n) is 5.35. The van der Waals surface area contributed by atoms with Crippen molar-refractivity contribution < 1.29 is 0 Å². The van der Waals surface area contributed by atoms with Crippen LogP contribution in [0.4, 0.5) is 0 Å². The molecule has 2 aliphatic carbocycles. The average Bonchev–Trinajstić information content (AvgIpc) is 3.18. The van der Waals surface area contributed by atoms with Crippen LogP contribution in [0, 0.1) is 5.92 Å². The summed E-state index contributed by atoms with van der Waals surface area (Å²) in [7, 11) is 1.90. The Bertz CT molecular complexity index is 1720. The maximum Gasteiger partial charge on any atom is 0.230 e. The number of nitrogens with two attached hydrogens (primary N) is 1. The second-order valence-electron chi connectivity index (χ2n) is 12.1. The molecule has 0 aromatic rings. The van der Waals surface area contributed by atoms with E-state index in [2.05, 4.69) is 110 Å². The van der Waals surface area contributed by atoms with Crippen LogP contribution in [0.2, 0.25) is 0 Å². The van der Waals surface area contributed by atoms with Crippen LogP contribution < -0.4 is 16.4 Å². The largest absolute Gasteiger partial charge is 0.397 e. The number of hydrogen-bond donors (Lipinski definition) is 3. The second-order valence-corrected chi connectivity index (χ2v) is 12.1. The Balaban J connectivity index is 1.55. The van der Waals surface area contributed by atoms with Crippen molar-refractivity contribution in [1.29, 1.82) is 0 Å². The molecule has 4 aliphatic rings. The molecule has 0 saturated heterocycles. The number of hydrogen-bond acceptors (Lipinski definition) is 5. The van der Waals surface area contributed by atoms with E-state index in [1.807, 2.05) is 37.9 Å². The first-order valence-electron chi connectivity index (χ1n) is 15.7. The van der Waals surface area contributed by atoms with Crippen LogP contribution >= 0.6 is 0 Å². The van der Waals surface area contributed by atoms with E-state index in [1.54, 1.807) is 0 Å². The highest BCUT2D eigenvalue weighted by Crippen LogP contribution is 2.26. The first-order valence-corrected chi connectivity index (χ1v) is 15.7. The van der Waals surface area contributed by atoms with E-state index >= 15 is 0 Å². The number of rotatable bonds is 12. The van der Waals surface area contributed by atoms with E-state index < -0.39 is 0 Å². The van der Waals surface area contributed by atoms with Gasteiger partial charge in [0.15, 0.2) is 0 Å². The lowest BCUT2D eigenvalue weighted by atomic mass is 9.98. The Morgan fingerprint density at radius 3 is 2.59 bits per heavy atom. The molecule has 0 bridgehead atoms. The molecule has 7 heteroatoms. The Labute approximate surface area is 275 Å². The third kappa shape index (κ3) is 8.32. The minimum Gasteiger partial charge on any atom is -0.397 e. The van der Waals surface area contributed by atoms with Crippen LogP contribution in [-0.4, -0.2) is 41.9 Å². The van der Waals surface area contributed by atoms with Gasteiger partial charge in [-0.2, -0.15) is 0 Å². The van der Waals surface area contributed by atoms with Gasteiger partial charge in [0.1, 0.15) is 0 Å². The minimum absolute atomic E-state index is 0.00261. The van der Waals surface area contributed by atoms with Crippen molar-refractivity contribution in [3.63, 3.8) is 0 Å². The monoisotopic (exact) mass is 613 g/mol.